The third kappa shape index (κ3) is 2.61. The summed E-state index contributed by atoms with van der Waals surface area (Å²) in [6.07, 6.45) is 0. The fourth-order valence-corrected chi connectivity index (χ4v) is 2.54. The molecule has 0 radical (unpaired) electrons. The first-order chi connectivity index (χ1) is 10.7. The summed E-state index contributed by atoms with van der Waals surface area (Å²) in [6, 6.07) is 20.3. The average Bonchev–Trinajstić information content (AvgIpc) is 2.55. The van der Waals surface area contributed by atoms with E-state index in [9.17, 15) is 9.59 Å². The summed E-state index contributed by atoms with van der Waals surface area (Å²) in [5.41, 5.74) is 1.65. The van der Waals surface area contributed by atoms with Crippen LogP contribution in [0.5, 0.6) is 0 Å². The van der Waals surface area contributed by atoms with Crippen LogP contribution in [0.4, 0.5) is 5.69 Å². The summed E-state index contributed by atoms with van der Waals surface area (Å²) < 4.78 is 0. The Labute approximate surface area is 128 Å². The van der Waals surface area contributed by atoms with Crippen molar-refractivity contribution in [2.45, 2.75) is 6.92 Å². The topological polar surface area (TPSA) is 46.2 Å². The van der Waals surface area contributed by atoms with Gasteiger partial charge in [-0.25, -0.2) is 0 Å². The van der Waals surface area contributed by atoms with Crippen LogP contribution in [0.15, 0.2) is 66.7 Å². The van der Waals surface area contributed by atoms with Crippen LogP contribution in [0, 0.1) is 0 Å². The lowest BCUT2D eigenvalue weighted by Gasteiger charge is -2.12. The van der Waals surface area contributed by atoms with Crippen LogP contribution in [-0.4, -0.2) is 11.7 Å². The van der Waals surface area contributed by atoms with E-state index < -0.39 is 0 Å². The molecule has 0 spiro atoms. The Morgan fingerprint density at radius 3 is 2.23 bits per heavy atom. The van der Waals surface area contributed by atoms with Gasteiger partial charge in [-0.15, -0.1) is 0 Å². The number of carbonyl (C=O) groups excluding carboxylic acids is 2. The van der Waals surface area contributed by atoms with Crippen LogP contribution in [0.3, 0.4) is 0 Å². The fraction of sp³-hybridized carbons (Fsp3) is 0.0526. The predicted molar refractivity (Wildman–Crippen MR) is 88.3 cm³/mol. The van der Waals surface area contributed by atoms with Gasteiger partial charge in [-0.05, 0) is 35.9 Å². The number of fused-ring (bicyclic) bond motifs is 1. The van der Waals surface area contributed by atoms with Crippen molar-refractivity contribution in [1.82, 2.24) is 0 Å². The molecule has 0 aromatic heterocycles. The van der Waals surface area contributed by atoms with Crippen molar-refractivity contribution in [2.24, 2.45) is 0 Å². The molecule has 1 amide bonds. The number of ketones is 1. The van der Waals surface area contributed by atoms with Crippen LogP contribution in [0.1, 0.15) is 27.6 Å². The van der Waals surface area contributed by atoms with Gasteiger partial charge in [0, 0.05) is 11.1 Å². The number of hydrogen-bond acceptors (Lipinski definition) is 2. The quantitative estimate of drug-likeness (QED) is 0.731. The number of Topliss-reactive ketones (excluding diaryl/α,β-unsaturated/α-hetero) is 1. The Kier molecular flexibility index (Phi) is 3.71. The van der Waals surface area contributed by atoms with Gasteiger partial charge < -0.3 is 5.32 Å². The third-order valence-electron chi connectivity index (χ3n) is 3.57. The molecule has 0 bridgehead atoms. The monoisotopic (exact) mass is 289 g/mol. The minimum atomic E-state index is -0.224. The zero-order chi connectivity index (χ0) is 15.5. The van der Waals surface area contributed by atoms with E-state index in [-0.39, 0.29) is 11.7 Å². The van der Waals surface area contributed by atoms with Crippen molar-refractivity contribution < 1.29 is 9.59 Å². The number of rotatable bonds is 3. The lowest BCUT2D eigenvalue weighted by Crippen LogP contribution is -2.14. The van der Waals surface area contributed by atoms with E-state index in [4.69, 9.17) is 0 Å². The summed E-state index contributed by atoms with van der Waals surface area (Å²) >= 11 is 0. The summed E-state index contributed by atoms with van der Waals surface area (Å²) in [5.74, 6) is -0.293. The van der Waals surface area contributed by atoms with E-state index in [2.05, 4.69) is 5.32 Å². The second-order valence-electron chi connectivity index (χ2n) is 5.09. The van der Waals surface area contributed by atoms with Crippen LogP contribution in [0.2, 0.25) is 0 Å². The van der Waals surface area contributed by atoms with Crippen molar-refractivity contribution in [3.05, 3.63) is 77.9 Å². The maximum atomic E-state index is 12.3. The Bertz CT molecular complexity index is 854. The molecular weight excluding hydrogens is 274 g/mol. The molecule has 0 saturated carbocycles. The molecular formula is C19H15NO2. The van der Waals surface area contributed by atoms with Crippen molar-refractivity contribution in [3.63, 3.8) is 0 Å². The Balaban J connectivity index is 2.06. The van der Waals surface area contributed by atoms with Gasteiger partial charge in [-0.3, -0.25) is 9.59 Å². The van der Waals surface area contributed by atoms with Crippen LogP contribution < -0.4 is 5.32 Å². The van der Waals surface area contributed by atoms with Gasteiger partial charge in [0.05, 0.1) is 5.69 Å². The Morgan fingerprint density at radius 1 is 0.818 bits per heavy atom. The smallest absolute Gasteiger partial charge is 0.255 e. The number of benzene rings is 3. The molecule has 0 aliphatic carbocycles. The summed E-state index contributed by atoms with van der Waals surface area (Å²) in [4.78, 5) is 24.3. The zero-order valence-electron chi connectivity index (χ0n) is 12.2. The molecule has 0 fully saturated rings. The lowest BCUT2D eigenvalue weighted by atomic mass is 9.99. The SMILES string of the molecule is CC(=O)c1c(NC(=O)c2ccccc2)ccc2ccccc12. The normalized spacial score (nSPS) is 10.4. The third-order valence-corrected chi connectivity index (χ3v) is 3.57. The minimum Gasteiger partial charge on any atom is -0.321 e. The van der Waals surface area contributed by atoms with E-state index in [1.807, 2.05) is 36.4 Å². The Hall–Kier alpha value is -2.94. The standard InChI is InChI=1S/C19H15NO2/c1-13(21)18-16-10-6-5-7-14(16)11-12-17(18)20-19(22)15-8-3-2-4-9-15/h2-12H,1H3,(H,20,22). The van der Waals surface area contributed by atoms with Gasteiger partial charge in [-0.2, -0.15) is 0 Å². The van der Waals surface area contributed by atoms with E-state index in [1.54, 1.807) is 30.3 Å². The van der Waals surface area contributed by atoms with Gasteiger partial charge in [-0.1, -0.05) is 48.5 Å². The highest BCUT2D eigenvalue weighted by molar-refractivity contribution is 6.15. The Morgan fingerprint density at radius 2 is 1.50 bits per heavy atom. The fourth-order valence-electron chi connectivity index (χ4n) is 2.54. The predicted octanol–water partition coefficient (Wildman–Crippen LogP) is 4.29. The van der Waals surface area contributed by atoms with Crippen LogP contribution in [0.25, 0.3) is 10.8 Å². The molecule has 0 atom stereocenters. The first-order valence-electron chi connectivity index (χ1n) is 7.06. The zero-order valence-corrected chi connectivity index (χ0v) is 12.2. The van der Waals surface area contributed by atoms with Gasteiger partial charge in [0.25, 0.3) is 5.91 Å². The summed E-state index contributed by atoms with van der Waals surface area (Å²) in [5, 5.41) is 4.67. The average molecular weight is 289 g/mol. The first-order valence-corrected chi connectivity index (χ1v) is 7.06. The molecule has 3 heteroatoms. The van der Waals surface area contributed by atoms with Crippen LogP contribution >= 0.6 is 0 Å². The highest BCUT2D eigenvalue weighted by Crippen LogP contribution is 2.27. The molecule has 108 valence electrons. The molecule has 22 heavy (non-hydrogen) atoms. The molecule has 3 rings (SSSR count). The molecule has 3 aromatic rings. The number of anilines is 1. The molecule has 0 heterocycles. The largest absolute Gasteiger partial charge is 0.321 e. The second kappa shape index (κ2) is 5.82. The summed E-state index contributed by atoms with van der Waals surface area (Å²) in [7, 11) is 0. The second-order valence-corrected chi connectivity index (χ2v) is 5.09. The summed E-state index contributed by atoms with van der Waals surface area (Å²) in [6.45, 7) is 1.51. The highest BCUT2D eigenvalue weighted by atomic mass is 16.1. The number of hydrogen-bond donors (Lipinski definition) is 1. The number of amides is 1. The van der Waals surface area contributed by atoms with E-state index >= 15 is 0 Å². The molecule has 1 N–H and O–H groups in total. The molecule has 0 unspecified atom stereocenters. The maximum absolute atomic E-state index is 12.3. The van der Waals surface area contributed by atoms with Crippen molar-refractivity contribution in [1.29, 1.82) is 0 Å². The minimum absolute atomic E-state index is 0.0693. The number of carbonyl (C=O) groups is 2. The molecule has 0 aliphatic rings. The maximum Gasteiger partial charge on any atom is 0.255 e. The molecule has 0 aliphatic heterocycles. The van der Waals surface area contributed by atoms with Crippen LogP contribution in [-0.2, 0) is 0 Å². The van der Waals surface area contributed by atoms with E-state index in [0.717, 1.165) is 10.8 Å². The van der Waals surface area contributed by atoms with Crippen molar-refractivity contribution >= 4 is 28.2 Å². The molecule has 3 aromatic carbocycles. The highest BCUT2D eigenvalue weighted by Gasteiger charge is 2.14. The van der Waals surface area contributed by atoms with E-state index in [0.29, 0.717) is 16.8 Å². The number of nitrogens with one attached hydrogen (secondary N) is 1. The van der Waals surface area contributed by atoms with Gasteiger partial charge >= 0.3 is 0 Å². The van der Waals surface area contributed by atoms with Crippen molar-refractivity contribution in [2.75, 3.05) is 5.32 Å². The van der Waals surface area contributed by atoms with Gasteiger partial charge in [0.1, 0.15) is 0 Å². The lowest BCUT2D eigenvalue weighted by molar-refractivity contribution is 0.102. The van der Waals surface area contributed by atoms with Gasteiger partial charge in [0.15, 0.2) is 5.78 Å². The molecule has 3 nitrogen and oxygen atoms in total. The van der Waals surface area contributed by atoms with Gasteiger partial charge in [0.2, 0.25) is 0 Å². The first kappa shape index (κ1) is 14.0. The van der Waals surface area contributed by atoms with E-state index in [1.165, 1.54) is 6.92 Å². The van der Waals surface area contributed by atoms with Crippen molar-refractivity contribution in [3.8, 4) is 0 Å². The molecule has 0 saturated heterocycles.